The number of primary amides is 1. The Morgan fingerprint density at radius 2 is 0.820 bits per heavy atom. The normalized spacial score (nSPS) is 18.8. The van der Waals surface area contributed by atoms with Gasteiger partial charge in [-0.25, -0.2) is 64.2 Å². The van der Waals surface area contributed by atoms with E-state index in [1.807, 2.05) is 81.4 Å². The Hall–Kier alpha value is -14.5. The van der Waals surface area contributed by atoms with Crippen LogP contribution in [0.3, 0.4) is 0 Å². The summed E-state index contributed by atoms with van der Waals surface area (Å²) in [5.74, 6) is -0.857. The number of sulfone groups is 1. The van der Waals surface area contributed by atoms with Crippen LogP contribution < -0.4 is 39.7 Å². The summed E-state index contributed by atoms with van der Waals surface area (Å²) in [6, 6.07) is 46.1. The number of nitrogens with two attached hydrogens (primary N) is 1. The molecular weight excluding hydrogens is 1990 g/mol. The van der Waals surface area contributed by atoms with E-state index in [1.54, 1.807) is 163 Å². The lowest BCUT2D eigenvalue weighted by Gasteiger charge is -2.35. The lowest BCUT2D eigenvalue weighted by atomic mass is 9.89. The number of pyridine rings is 4. The van der Waals surface area contributed by atoms with Crippen molar-refractivity contribution in [2.24, 2.45) is 11.1 Å². The van der Waals surface area contributed by atoms with Gasteiger partial charge in [0.1, 0.15) is 41.6 Å². The van der Waals surface area contributed by atoms with Crippen LogP contribution in [0.15, 0.2) is 203 Å². The van der Waals surface area contributed by atoms with Crippen molar-refractivity contribution in [2.45, 2.75) is 169 Å². The van der Waals surface area contributed by atoms with Gasteiger partial charge in [-0.3, -0.25) is 42.8 Å². The summed E-state index contributed by atoms with van der Waals surface area (Å²) in [4.78, 5) is 136. The first-order valence-electron chi connectivity index (χ1n) is 50.0. The first-order valence-corrected chi connectivity index (χ1v) is 53.9. The van der Waals surface area contributed by atoms with E-state index in [-0.39, 0.29) is 95.8 Å². The molecule has 1 atom stereocenters. The van der Waals surface area contributed by atoms with Crippen LogP contribution in [0.4, 0.5) is 101 Å². The number of piperidine rings is 5. The van der Waals surface area contributed by atoms with Crippen LogP contribution >= 0.6 is 11.8 Å². The Balaban J connectivity index is 0.000000134. The van der Waals surface area contributed by atoms with E-state index in [2.05, 4.69) is 65.0 Å². The number of likely N-dealkylation sites (tertiary alicyclic amines) is 5. The second-order valence-corrected chi connectivity index (χ2v) is 45.6. The molecule has 784 valence electrons. The number of benzene rings is 6. The first-order chi connectivity index (χ1) is 71.4. The van der Waals surface area contributed by atoms with Crippen LogP contribution in [0.5, 0.6) is 11.5 Å². The van der Waals surface area contributed by atoms with Gasteiger partial charge in [0.15, 0.2) is 55.8 Å². The highest BCUT2D eigenvalue weighted by Gasteiger charge is 2.42. The van der Waals surface area contributed by atoms with Gasteiger partial charge in [0.25, 0.3) is 41.4 Å². The molecule has 0 radical (unpaired) electrons. The van der Waals surface area contributed by atoms with Crippen molar-refractivity contribution in [1.29, 1.82) is 0 Å². The molecule has 0 saturated carbocycles. The molecule has 1 unspecified atom stereocenters. The van der Waals surface area contributed by atoms with E-state index < -0.39 is 55.1 Å². The maximum atomic E-state index is 14.0. The zero-order valence-electron chi connectivity index (χ0n) is 84.6. The van der Waals surface area contributed by atoms with E-state index in [0.717, 1.165) is 63.4 Å². The number of halogens is 6. The predicted molar refractivity (Wildman–Crippen MR) is 565 cm³/mol. The van der Waals surface area contributed by atoms with Gasteiger partial charge in [-0.05, 0) is 212 Å². The molecular formula is C111H118F6N18O12S3. The highest BCUT2D eigenvalue weighted by molar-refractivity contribution is 7.99. The van der Waals surface area contributed by atoms with Crippen molar-refractivity contribution in [3.63, 3.8) is 0 Å². The Bertz CT molecular complexity index is 7000. The van der Waals surface area contributed by atoms with Crippen LogP contribution in [-0.4, -0.2) is 256 Å². The van der Waals surface area contributed by atoms with E-state index >= 15 is 0 Å². The van der Waals surface area contributed by atoms with Crippen LogP contribution in [0.1, 0.15) is 198 Å². The molecule has 30 nitrogen and oxygen atoms in total. The number of carbonyl (C=O) groups excluding carboxylic acids is 7. The Morgan fingerprint density at radius 1 is 0.420 bits per heavy atom. The van der Waals surface area contributed by atoms with Gasteiger partial charge in [-0.1, -0.05) is 57.2 Å². The average molecular weight is 2110 g/mol. The summed E-state index contributed by atoms with van der Waals surface area (Å²) in [5.41, 5.74) is 11.7. The molecule has 2 N–H and O–H groups in total. The van der Waals surface area contributed by atoms with Crippen LogP contribution in [0.2, 0.25) is 0 Å². The van der Waals surface area contributed by atoms with Gasteiger partial charge in [-0.2, -0.15) is 0 Å². The molecule has 6 aromatic carbocycles. The molecule has 39 heteroatoms. The van der Waals surface area contributed by atoms with Crippen molar-refractivity contribution in [3.05, 3.63) is 262 Å². The van der Waals surface area contributed by atoms with E-state index in [1.165, 1.54) is 23.4 Å². The predicted octanol–water partition coefficient (Wildman–Crippen LogP) is 21.0. The fraction of sp³-hybridized carbons (Fsp3) is 0.405. The number of ether oxygens (including phenoxy) is 2. The minimum atomic E-state index is -3.52. The quantitative estimate of drug-likeness (QED) is 0.0600. The van der Waals surface area contributed by atoms with Crippen LogP contribution in [-0.2, 0) is 20.6 Å². The van der Waals surface area contributed by atoms with Gasteiger partial charge in [0, 0.05) is 179 Å². The number of Topliss-reactive ketones (excluding diaryl/α,β-unsaturated/α-hetero) is 1. The highest BCUT2D eigenvalue weighted by atomic mass is 32.2. The number of carbonyl (C=O) groups is 7. The van der Waals surface area contributed by atoms with Crippen molar-refractivity contribution >= 4 is 148 Å². The Labute approximate surface area is 875 Å². The molecule has 5 fully saturated rings. The number of nitrogens with zero attached hydrogens (tertiary/aromatic N) is 17. The van der Waals surface area contributed by atoms with Crippen LogP contribution in [0, 0.1) is 25.1 Å². The summed E-state index contributed by atoms with van der Waals surface area (Å²) in [6.45, 7) is 40.6. The molecule has 150 heavy (non-hydrogen) atoms. The maximum Gasteiger partial charge on any atom is 0.267 e. The Kier molecular flexibility index (Phi) is 32.8. The fourth-order valence-electron chi connectivity index (χ4n) is 18.9. The number of anilines is 10. The minimum absolute atomic E-state index is 0.0115. The van der Waals surface area contributed by atoms with Gasteiger partial charge in [-0.15, -0.1) is 11.8 Å². The third-order valence-electron chi connectivity index (χ3n) is 28.3. The molecule has 10 aliphatic heterocycles. The SMILES string of the molecule is CC(C)(C)CCC(=O)c1cncc(N2CCOc3cc(C(=O)N4CCC(F)(F)CC4)cnc32)c1.CC1(F)CCN(C(=O)c2cnc3c(c2)OCCN3c2ccc(C(N)=O)nc2)CC1.[C-]#[N+]c1ccc(N2CCS(=O)(=O)c3cc(C(=O)N4CCC(C)(F)CC4)ccc32)cc1.[C-]#[N+]c1ccc(N2CCS(=O)c3cc(C(=O)N4CCC(C)(F)CC4)ccc32)cc1.[C-]#[N+]c1ccc(N2CCSc3cc(C(=O)N4CCC(C)(F)CC4)ccc32)cc1. The van der Waals surface area contributed by atoms with E-state index in [9.17, 15) is 72.5 Å². The van der Waals surface area contributed by atoms with Crippen molar-refractivity contribution in [3.8, 4) is 11.5 Å². The molecule has 0 bridgehead atoms. The molecule has 10 aliphatic rings. The summed E-state index contributed by atoms with van der Waals surface area (Å²) in [5, 5.41) is 0. The van der Waals surface area contributed by atoms with E-state index in [0.29, 0.717) is 227 Å². The monoisotopic (exact) mass is 2100 g/mol. The Morgan fingerprint density at radius 3 is 1.25 bits per heavy atom. The lowest BCUT2D eigenvalue weighted by molar-refractivity contribution is -0.0495. The molecule has 5 saturated heterocycles. The summed E-state index contributed by atoms with van der Waals surface area (Å²) >= 11 is 1.75. The summed E-state index contributed by atoms with van der Waals surface area (Å²) < 4.78 is 133. The number of ketones is 1. The van der Waals surface area contributed by atoms with Gasteiger partial charge in [0.2, 0.25) is 0 Å². The number of amides is 6. The number of thioether (sulfide) groups is 1. The lowest BCUT2D eigenvalue weighted by Crippen LogP contribution is -2.43. The molecule has 10 aromatic rings. The number of alkyl halides is 6. The van der Waals surface area contributed by atoms with Gasteiger partial charge in [0.05, 0.1) is 111 Å². The largest absolute Gasteiger partial charge is 0.488 e. The molecule has 14 heterocycles. The third-order valence-corrected chi connectivity index (χ3v) is 32.5. The second-order valence-electron chi connectivity index (χ2n) is 40.8. The molecule has 0 spiro atoms. The third kappa shape index (κ3) is 26.1. The topological polar surface area (TPSA) is 312 Å². The van der Waals surface area contributed by atoms with Crippen molar-refractivity contribution < 1.29 is 82.0 Å². The van der Waals surface area contributed by atoms with E-state index in [4.69, 9.17) is 34.9 Å². The number of rotatable bonds is 14. The highest BCUT2D eigenvalue weighted by Crippen LogP contribution is 2.46. The fourth-order valence-corrected chi connectivity index (χ4v) is 22.7. The first kappa shape index (κ1) is 108. The summed E-state index contributed by atoms with van der Waals surface area (Å²) in [7, 11) is -4.70. The molecule has 0 aliphatic carbocycles. The number of fused-ring (bicyclic) bond motifs is 5. The zero-order valence-corrected chi connectivity index (χ0v) is 87.0. The van der Waals surface area contributed by atoms with Gasteiger partial charge >= 0.3 is 0 Å². The second kappa shape index (κ2) is 45.5. The summed E-state index contributed by atoms with van der Waals surface area (Å²) in [6.07, 6.45) is 11.0. The van der Waals surface area contributed by atoms with Crippen molar-refractivity contribution in [2.75, 3.05) is 153 Å². The molecule has 4 aromatic heterocycles. The smallest absolute Gasteiger partial charge is 0.267 e. The van der Waals surface area contributed by atoms with Gasteiger partial charge < -0.3 is 64.2 Å². The number of aromatic nitrogens is 4. The number of hydrogen-bond donors (Lipinski definition) is 1. The molecule has 6 amide bonds. The van der Waals surface area contributed by atoms with Crippen molar-refractivity contribution in [1.82, 2.24) is 44.4 Å². The average Bonchev–Trinajstić information content (AvgIpc) is 0.740. The van der Waals surface area contributed by atoms with Crippen LogP contribution in [0.25, 0.3) is 14.5 Å². The maximum absolute atomic E-state index is 14.0. The molecule has 20 rings (SSSR count). The standard InChI is InChI=1S/C25H30F2N4O3.C22H22FN3O3S.C22H22FN3O2S.C22H22FN3OS.C20H22FN5O3/c1-24(2,3)5-4-20(32)17-12-19(16-28-14-17)31-10-11-34-21-13-18(15-29-22(21)31)23(33)30-8-6-25(26,27)7-9-30;1-22(23)9-11-25(12-10-22)21(27)16-3-8-19-20(15-16)30(28,29)14-13-26(19)18-6-4-17(24-2)5-7-18;1-22(23)9-11-25(12-10-22)21(27)16-3-8-19-20(15-16)29(28)14-13-26(19)18-6-4-17(24-2)5-7-18;1-22(23)9-11-25(12-10-22)21(27)16-3-8-19-20(15-16)28-14-13-26(19)18-6-4-17(24-2)5-7-18;1-20(21)4-6-25(7-5-20)19(28)13-10-16-18(24-11-13)26(8-9-29-16)14-2-3-15(17(22)27)23-12-14/h12-16H,4-11H2,1-3H3;3-8,15H,9-14H2,1H3;3-8,15H,9-14H2,1H3;3-8,15H,9-14H2,1H3;2-3,10-12H,4-9H2,1H3,(H2,22,27). The zero-order chi connectivity index (χ0) is 107. The minimum Gasteiger partial charge on any atom is -0.488 e. The number of hydrogen-bond acceptors (Lipinski definition) is 22.